The minimum absolute atomic E-state index is 0.104. The van der Waals surface area contributed by atoms with Crippen LogP contribution in [0.5, 0.6) is 0 Å². The Morgan fingerprint density at radius 1 is 1.42 bits per heavy atom. The lowest BCUT2D eigenvalue weighted by atomic mass is 9.74. The van der Waals surface area contributed by atoms with Crippen LogP contribution in [0.3, 0.4) is 0 Å². The molecule has 5 heteroatoms. The zero-order chi connectivity index (χ0) is 13.7. The van der Waals surface area contributed by atoms with Crippen molar-refractivity contribution in [1.82, 2.24) is 5.32 Å². The molecule has 0 unspecified atom stereocenters. The molecule has 2 rings (SSSR count). The first kappa shape index (κ1) is 14.5. The molecule has 0 saturated carbocycles. The van der Waals surface area contributed by atoms with E-state index >= 15 is 0 Å². The van der Waals surface area contributed by atoms with Crippen molar-refractivity contribution in [3.8, 4) is 0 Å². The summed E-state index contributed by atoms with van der Waals surface area (Å²) in [4.78, 5) is 11.3. The molecule has 0 aliphatic carbocycles. The maximum atomic E-state index is 11.3. The summed E-state index contributed by atoms with van der Waals surface area (Å²) in [6, 6.07) is 8.17. The second-order valence-corrected chi connectivity index (χ2v) is 5.75. The van der Waals surface area contributed by atoms with Crippen molar-refractivity contribution in [3.05, 3.63) is 34.3 Å². The quantitative estimate of drug-likeness (QED) is 0.883. The van der Waals surface area contributed by atoms with Crippen LogP contribution in [-0.2, 0) is 14.9 Å². The largest absolute Gasteiger partial charge is 0.387 e. The highest BCUT2D eigenvalue weighted by molar-refractivity contribution is 9.10. The highest BCUT2D eigenvalue weighted by Crippen LogP contribution is 2.35. The van der Waals surface area contributed by atoms with E-state index in [1.54, 1.807) is 0 Å². The second-order valence-electron chi connectivity index (χ2n) is 4.84. The minimum Gasteiger partial charge on any atom is -0.387 e. The number of benzene rings is 1. The molecule has 1 fully saturated rings. The van der Waals surface area contributed by atoms with Crippen molar-refractivity contribution in [3.63, 3.8) is 0 Å². The molecule has 2 N–H and O–H groups in total. The van der Waals surface area contributed by atoms with E-state index in [1.165, 1.54) is 5.56 Å². The number of aliphatic hydroxyl groups excluding tert-OH is 1. The van der Waals surface area contributed by atoms with Crippen LogP contribution >= 0.6 is 15.9 Å². The Morgan fingerprint density at radius 3 is 2.79 bits per heavy atom. The number of halogens is 1. The summed E-state index contributed by atoms with van der Waals surface area (Å²) >= 11 is 3.49. The van der Waals surface area contributed by atoms with Gasteiger partial charge in [-0.3, -0.25) is 4.79 Å². The SMILES string of the molecule is O=C(CO)NCC1(c2cccc(Br)c2)CCOCC1. The highest BCUT2D eigenvalue weighted by atomic mass is 79.9. The summed E-state index contributed by atoms with van der Waals surface area (Å²) < 4.78 is 6.47. The predicted octanol–water partition coefficient (Wildman–Crippen LogP) is 1.61. The number of carbonyl (C=O) groups excluding carboxylic acids is 1. The second kappa shape index (κ2) is 6.50. The van der Waals surface area contributed by atoms with Crippen LogP contribution in [0.2, 0.25) is 0 Å². The van der Waals surface area contributed by atoms with Crippen LogP contribution in [0.4, 0.5) is 0 Å². The topological polar surface area (TPSA) is 58.6 Å². The Labute approximate surface area is 121 Å². The van der Waals surface area contributed by atoms with Crippen molar-refractivity contribution < 1.29 is 14.6 Å². The van der Waals surface area contributed by atoms with Gasteiger partial charge in [0.2, 0.25) is 5.91 Å². The number of rotatable bonds is 4. The fourth-order valence-corrected chi connectivity index (χ4v) is 2.87. The maximum Gasteiger partial charge on any atom is 0.245 e. The molecular weight excluding hydrogens is 310 g/mol. The van der Waals surface area contributed by atoms with Gasteiger partial charge in [0.05, 0.1) is 0 Å². The van der Waals surface area contributed by atoms with E-state index in [0.29, 0.717) is 19.8 Å². The third kappa shape index (κ3) is 3.55. The van der Waals surface area contributed by atoms with E-state index in [9.17, 15) is 4.79 Å². The van der Waals surface area contributed by atoms with Gasteiger partial charge in [0.1, 0.15) is 6.61 Å². The van der Waals surface area contributed by atoms with Gasteiger partial charge in [-0.2, -0.15) is 0 Å². The van der Waals surface area contributed by atoms with Crippen molar-refractivity contribution in [2.24, 2.45) is 0 Å². The number of ether oxygens (including phenoxy) is 1. The Kier molecular flexibility index (Phi) is 4.96. The van der Waals surface area contributed by atoms with E-state index in [1.807, 2.05) is 12.1 Å². The fraction of sp³-hybridized carbons (Fsp3) is 0.500. The molecule has 19 heavy (non-hydrogen) atoms. The number of hydrogen-bond acceptors (Lipinski definition) is 3. The van der Waals surface area contributed by atoms with Crippen LogP contribution in [0, 0.1) is 0 Å². The van der Waals surface area contributed by atoms with Gasteiger partial charge in [-0.15, -0.1) is 0 Å². The standard InChI is InChI=1S/C14H18BrNO3/c15-12-3-1-2-11(8-12)14(4-6-19-7-5-14)10-16-13(18)9-17/h1-3,8,17H,4-7,9-10H2,(H,16,18). The number of carbonyl (C=O) groups is 1. The minimum atomic E-state index is -0.467. The molecule has 1 aliphatic heterocycles. The summed E-state index contributed by atoms with van der Waals surface area (Å²) in [6.07, 6.45) is 1.74. The molecule has 4 nitrogen and oxygen atoms in total. The van der Waals surface area contributed by atoms with Gasteiger partial charge < -0.3 is 15.2 Å². The molecule has 0 aromatic heterocycles. The van der Waals surface area contributed by atoms with Crippen molar-refractivity contribution >= 4 is 21.8 Å². The molecule has 1 aromatic carbocycles. The maximum absolute atomic E-state index is 11.3. The molecule has 0 atom stereocenters. The molecule has 0 bridgehead atoms. The van der Waals surface area contributed by atoms with Gasteiger partial charge in [0, 0.05) is 29.6 Å². The van der Waals surface area contributed by atoms with Gasteiger partial charge in [-0.1, -0.05) is 28.1 Å². The summed E-state index contributed by atoms with van der Waals surface area (Å²) in [7, 11) is 0. The summed E-state index contributed by atoms with van der Waals surface area (Å²) in [6.45, 7) is 1.46. The Morgan fingerprint density at radius 2 is 2.16 bits per heavy atom. The molecule has 1 saturated heterocycles. The lowest BCUT2D eigenvalue weighted by Gasteiger charge is -2.38. The van der Waals surface area contributed by atoms with Crippen LogP contribution in [-0.4, -0.2) is 37.4 Å². The number of hydrogen-bond donors (Lipinski definition) is 2. The first-order valence-electron chi connectivity index (χ1n) is 6.38. The van der Waals surface area contributed by atoms with Gasteiger partial charge in [0.15, 0.2) is 0 Å². The van der Waals surface area contributed by atoms with Gasteiger partial charge in [-0.05, 0) is 30.5 Å². The van der Waals surface area contributed by atoms with Crippen LogP contribution in [0.1, 0.15) is 18.4 Å². The number of amides is 1. The molecule has 1 heterocycles. The average molecular weight is 328 g/mol. The van der Waals surface area contributed by atoms with Crippen molar-refractivity contribution in [2.75, 3.05) is 26.4 Å². The Bertz CT molecular complexity index is 444. The number of aliphatic hydroxyl groups is 1. The lowest BCUT2D eigenvalue weighted by molar-refractivity contribution is -0.124. The molecular formula is C14H18BrNO3. The lowest BCUT2D eigenvalue weighted by Crippen LogP contribution is -2.45. The molecule has 1 amide bonds. The van der Waals surface area contributed by atoms with E-state index < -0.39 is 6.61 Å². The zero-order valence-corrected chi connectivity index (χ0v) is 12.3. The number of nitrogens with one attached hydrogen (secondary N) is 1. The molecule has 0 spiro atoms. The average Bonchev–Trinajstić information content (AvgIpc) is 2.46. The van der Waals surface area contributed by atoms with Gasteiger partial charge in [-0.25, -0.2) is 0 Å². The predicted molar refractivity (Wildman–Crippen MR) is 76.0 cm³/mol. The van der Waals surface area contributed by atoms with Crippen LogP contribution in [0.15, 0.2) is 28.7 Å². The smallest absolute Gasteiger partial charge is 0.245 e. The first-order valence-corrected chi connectivity index (χ1v) is 7.17. The summed E-state index contributed by atoms with van der Waals surface area (Å²) in [5.41, 5.74) is 1.09. The van der Waals surface area contributed by atoms with E-state index in [4.69, 9.17) is 9.84 Å². The van der Waals surface area contributed by atoms with Crippen LogP contribution < -0.4 is 5.32 Å². The molecule has 1 aliphatic rings. The van der Waals surface area contributed by atoms with Gasteiger partial charge >= 0.3 is 0 Å². The molecule has 1 aromatic rings. The fourth-order valence-electron chi connectivity index (χ4n) is 2.47. The van der Waals surface area contributed by atoms with Crippen LogP contribution in [0.25, 0.3) is 0 Å². The summed E-state index contributed by atoms with van der Waals surface area (Å²) in [5.74, 6) is -0.333. The third-order valence-corrected chi connectivity index (χ3v) is 4.15. The van der Waals surface area contributed by atoms with E-state index in [2.05, 4.69) is 33.4 Å². The van der Waals surface area contributed by atoms with Crippen molar-refractivity contribution in [2.45, 2.75) is 18.3 Å². The normalized spacial score (nSPS) is 18.0. The zero-order valence-electron chi connectivity index (χ0n) is 10.7. The Hall–Kier alpha value is -0.910. The molecule has 0 radical (unpaired) electrons. The molecule has 104 valence electrons. The third-order valence-electron chi connectivity index (χ3n) is 3.65. The van der Waals surface area contributed by atoms with E-state index in [-0.39, 0.29) is 11.3 Å². The monoisotopic (exact) mass is 327 g/mol. The van der Waals surface area contributed by atoms with E-state index in [0.717, 1.165) is 17.3 Å². The first-order chi connectivity index (χ1) is 9.16. The van der Waals surface area contributed by atoms with Gasteiger partial charge in [0.25, 0.3) is 0 Å². The Balaban J connectivity index is 2.21. The summed E-state index contributed by atoms with van der Waals surface area (Å²) in [5, 5.41) is 11.6. The highest BCUT2D eigenvalue weighted by Gasteiger charge is 2.34. The van der Waals surface area contributed by atoms with Crippen molar-refractivity contribution in [1.29, 1.82) is 0 Å².